The Hall–Kier alpha value is -1.30. The molecule has 2 saturated carbocycles. The van der Waals surface area contributed by atoms with Crippen molar-refractivity contribution in [2.75, 3.05) is 5.32 Å². The molecule has 3 atom stereocenters. The Kier molecular flexibility index (Phi) is 3.82. The van der Waals surface area contributed by atoms with Crippen LogP contribution in [-0.2, 0) is 6.18 Å². The molecular formula is C15H17F3N2S. The minimum Gasteiger partial charge on any atom is -0.359 e. The second-order valence-electron chi connectivity index (χ2n) is 5.95. The van der Waals surface area contributed by atoms with E-state index in [0.717, 1.165) is 24.5 Å². The summed E-state index contributed by atoms with van der Waals surface area (Å²) >= 11 is 5.25. The van der Waals surface area contributed by atoms with Gasteiger partial charge in [-0.15, -0.1) is 0 Å². The molecule has 0 aromatic heterocycles. The summed E-state index contributed by atoms with van der Waals surface area (Å²) in [5.41, 5.74) is -0.0799. The van der Waals surface area contributed by atoms with E-state index in [4.69, 9.17) is 12.2 Å². The maximum Gasteiger partial charge on any atom is 0.416 e. The monoisotopic (exact) mass is 314 g/mol. The third kappa shape index (κ3) is 3.31. The fourth-order valence-electron chi connectivity index (χ4n) is 3.50. The first-order valence-electron chi connectivity index (χ1n) is 7.16. The van der Waals surface area contributed by atoms with Crippen LogP contribution < -0.4 is 10.6 Å². The summed E-state index contributed by atoms with van der Waals surface area (Å²) in [6, 6.07) is 5.33. The van der Waals surface area contributed by atoms with E-state index in [1.165, 1.54) is 31.4 Å². The van der Waals surface area contributed by atoms with E-state index < -0.39 is 11.7 Å². The van der Waals surface area contributed by atoms with Gasteiger partial charge in [-0.2, -0.15) is 13.2 Å². The summed E-state index contributed by atoms with van der Waals surface area (Å²) in [4.78, 5) is 0. The van der Waals surface area contributed by atoms with Crippen molar-refractivity contribution >= 4 is 23.0 Å². The molecule has 2 fully saturated rings. The van der Waals surface area contributed by atoms with E-state index in [2.05, 4.69) is 10.6 Å². The van der Waals surface area contributed by atoms with Gasteiger partial charge in [0.2, 0.25) is 0 Å². The van der Waals surface area contributed by atoms with Crippen LogP contribution in [0.4, 0.5) is 18.9 Å². The van der Waals surface area contributed by atoms with Crippen molar-refractivity contribution in [1.29, 1.82) is 0 Å². The van der Waals surface area contributed by atoms with Gasteiger partial charge in [-0.1, -0.05) is 6.42 Å². The number of nitrogens with one attached hydrogen (secondary N) is 2. The van der Waals surface area contributed by atoms with Crippen molar-refractivity contribution in [2.24, 2.45) is 11.8 Å². The molecular weight excluding hydrogens is 297 g/mol. The highest BCUT2D eigenvalue weighted by molar-refractivity contribution is 7.80. The van der Waals surface area contributed by atoms with Gasteiger partial charge in [0.05, 0.1) is 5.56 Å². The number of thiocarbonyl (C=S) groups is 1. The molecule has 2 N–H and O–H groups in total. The molecule has 0 aliphatic heterocycles. The minimum absolute atomic E-state index is 0.415. The SMILES string of the molecule is FC(F)(F)c1ccc(NC(=S)N[C@@H]2C[C@H]3CC[C@H]2C3)cc1. The fourth-order valence-corrected chi connectivity index (χ4v) is 3.77. The van der Waals surface area contributed by atoms with Crippen LogP contribution in [0, 0.1) is 11.8 Å². The van der Waals surface area contributed by atoms with Crippen LogP contribution in [0.3, 0.4) is 0 Å². The number of hydrogen-bond donors (Lipinski definition) is 2. The zero-order chi connectivity index (χ0) is 15.0. The molecule has 0 saturated heterocycles. The first kappa shape index (κ1) is 14.6. The largest absolute Gasteiger partial charge is 0.416 e. The molecule has 1 aromatic carbocycles. The van der Waals surface area contributed by atoms with Gasteiger partial charge in [0.15, 0.2) is 5.11 Å². The highest BCUT2D eigenvalue weighted by Gasteiger charge is 2.39. The maximum atomic E-state index is 12.5. The lowest BCUT2D eigenvalue weighted by molar-refractivity contribution is -0.137. The van der Waals surface area contributed by atoms with Gasteiger partial charge in [0.1, 0.15) is 0 Å². The normalized spacial score (nSPS) is 27.7. The van der Waals surface area contributed by atoms with Crippen LogP contribution in [0.2, 0.25) is 0 Å². The third-order valence-corrected chi connectivity index (χ3v) is 4.74. The first-order chi connectivity index (χ1) is 9.91. The summed E-state index contributed by atoms with van der Waals surface area (Å²) < 4.78 is 37.4. The van der Waals surface area contributed by atoms with Crippen molar-refractivity contribution in [3.63, 3.8) is 0 Å². The molecule has 2 bridgehead atoms. The van der Waals surface area contributed by atoms with Crippen molar-refractivity contribution in [2.45, 2.75) is 37.9 Å². The fraction of sp³-hybridized carbons (Fsp3) is 0.533. The second-order valence-corrected chi connectivity index (χ2v) is 6.36. The number of fused-ring (bicyclic) bond motifs is 2. The summed E-state index contributed by atoms with van der Waals surface area (Å²) in [5.74, 6) is 1.52. The Labute approximate surface area is 127 Å². The average Bonchev–Trinajstić information content (AvgIpc) is 3.00. The minimum atomic E-state index is -4.31. The van der Waals surface area contributed by atoms with E-state index in [0.29, 0.717) is 22.8 Å². The van der Waals surface area contributed by atoms with Crippen molar-refractivity contribution in [1.82, 2.24) is 5.32 Å². The van der Waals surface area contributed by atoms with Crippen LogP contribution in [0.1, 0.15) is 31.2 Å². The molecule has 0 amide bonds. The summed E-state index contributed by atoms with van der Waals surface area (Å²) in [7, 11) is 0. The van der Waals surface area contributed by atoms with Crippen molar-refractivity contribution in [3.8, 4) is 0 Å². The quantitative estimate of drug-likeness (QED) is 0.801. The van der Waals surface area contributed by atoms with Gasteiger partial charge in [-0.05, 0) is 67.6 Å². The molecule has 6 heteroatoms. The number of hydrogen-bond acceptors (Lipinski definition) is 1. The Balaban J connectivity index is 1.55. The molecule has 3 rings (SSSR count). The number of anilines is 1. The number of alkyl halides is 3. The lowest BCUT2D eigenvalue weighted by Gasteiger charge is -2.24. The van der Waals surface area contributed by atoms with Crippen LogP contribution in [0.5, 0.6) is 0 Å². The molecule has 21 heavy (non-hydrogen) atoms. The number of benzene rings is 1. The zero-order valence-corrected chi connectivity index (χ0v) is 12.2. The van der Waals surface area contributed by atoms with Gasteiger partial charge in [-0.3, -0.25) is 0 Å². The third-order valence-electron chi connectivity index (χ3n) is 4.52. The summed E-state index contributed by atoms with van der Waals surface area (Å²) in [5, 5.41) is 6.75. The van der Waals surface area contributed by atoms with Crippen molar-refractivity contribution in [3.05, 3.63) is 29.8 Å². The second kappa shape index (κ2) is 5.48. The van der Waals surface area contributed by atoms with Crippen LogP contribution in [0.25, 0.3) is 0 Å². The van der Waals surface area contributed by atoms with Gasteiger partial charge >= 0.3 is 6.18 Å². The predicted octanol–water partition coefficient (Wildman–Crippen LogP) is 4.18. The highest BCUT2D eigenvalue weighted by Crippen LogP contribution is 2.44. The predicted molar refractivity (Wildman–Crippen MR) is 80.0 cm³/mol. The van der Waals surface area contributed by atoms with Gasteiger partial charge < -0.3 is 10.6 Å². The molecule has 0 spiro atoms. The molecule has 2 aliphatic carbocycles. The average molecular weight is 314 g/mol. The zero-order valence-electron chi connectivity index (χ0n) is 11.4. The Bertz CT molecular complexity index is 527. The number of rotatable bonds is 2. The van der Waals surface area contributed by atoms with Crippen LogP contribution >= 0.6 is 12.2 Å². The summed E-state index contributed by atoms with van der Waals surface area (Å²) in [6.45, 7) is 0. The van der Waals surface area contributed by atoms with Gasteiger partial charge in [0.25, 0.3) is 0 Å². The Morgan fingerprint density at radius 3 is 2.33 bits per heavy atom. The molecule has 2 aliphatic rings. The van der Waals surface area contributed by atoms with E-state index in [-0.39, 0.29) is 0 Å². The van der Waals surface area contributed by atoms with E-state index >= 15 is 0 Å². The summed E-state index contributed by atoms with van der Waals surface area (Å²) in [6.07, 6.45) is 0.702. The molecule has 0 radical (unpaired) electrons. The molecule has 0 unspecified atom stereocenters. The first-order valence-corrected chi connectivity index (χ1v) is 7.57. The molecule has 1 aromatic rings. The van der Waals surface area contributed by atoms with Gasteiger partial charge in [0, 0.05) is 11.7 Å². The standard InChI is InChI=1S/C15H17F3N2S/c16-15(17,18)11-3-5-12(6-4-11)19-14(21)20-13-8-9-1-2-10(13)7-9/h3-6,9-10,13H,1-2,7-8H2,(H2,19,20,21)/t9-,10-,13+/m0/s1. The lowest BCUT2D eigenvalue weighted by atomic mass is 9.96. The topological polar surface area (TPSA) is 24.1 Å². The molecule has 114 valence electrons. The lowest BCUT2D eigenvalue weighted by Crippen LogP contribution is -2.40. The van der Waals surface area contributed by atoms with E-state index in [1.807, 2.05) is 0 Å². The number of halogens is 3. The maximum absolute atomic E-state index is 12.5. The molecule has 2 nitrogen and oxygen atoms in total. The van der Waals surface area contributed by atoms with Crippen molar-refractivity contribution < 1.29 is 13.2 Å². The smallest absolute Gasteiger partial charge is 0.359 e. The Morgan fingerprint density at radius 2 is 1.81 bits per heavy atom. The van der Waals surface area contributed by atoms with Gasteiger partial charge in [-0.25, -0.2) is 0 Å². The van der Waals surface area contributed by atoms with E-state index in [9.17, 15) is 13.2 Å². The van der Waals surface area contributed by atoms with Crippen LogP contribution in [0.15, 0.2) is 24.3 Å². The highest BCUT2D eigenvalue weighted by atomic mass is 32.1. The molecule has 0 heterocycles. The van der Waals surface area contributed by atoms with E-state index in [1.54, 1.807) is 0 Å². The Morgan fingerprint density at radius 1 is 1.10 bits per heavy atom. The van der Waals surface area contributed by atoms with Crippen LogP contribution in [-0.4, -0.2) is 11.2 Å².